The number of carbonyl (C=O) groups excluding carboxylic acids is 1. The molecule has 5 nitrogen and oxygen atoms in total. The van der Waals surface area contributed by atoms with Crippen LogP contribution >= 0.6 is 11.3 Å². The molecule has 2 N–H and O–H groups in total. The van der Waals surface area contributed by atoms with E-state index in [9.17, 15) is 4.79 Å². The van der Waals surface area contributed by atoms with Gasteiger partial charge in [-0.15, -0.1) is 11.3 Å². The molecule has 0 spiro atoms. The molecule has 2 amide bonds. The fourth-order valence-electron chi connectivity index (χ4n) is 2.33. The number of anilines is 1. The number of urea groups is 1. The topological polar surface area (TPSA) is 59.0 Å². The van der Waals surface area contributed by atoms with Crippen molar-refractivity contribution in [2.45, 2.75) is 6.42 Å². The number of benzene rings is 1. The summed E-state index contributed by atoms with van der Waals surface area (Å²) in [6, 6.07) is 13.9. The Labute approximate surface area is 139 Å². The van der Waals surface area contributed by atoms with Crippen LogP contribution in [-0.2, 0) is 13.5 Å². The maximum absolute atomic E-state index is 11.7. The zero-order valence-electron chi connectivity index (χ0n) is 12.8. The van der Waals surface area contributed by atoms with Crippen molar-refractivity contribution in [1.29, 1.82) is 0 Å². The van der Waals surface area contributed by atoms with Crippen molar-refractivity contribution in [1.82, 2.24) is 15.1 Å². The molecule has 0 aliphatic heterocycles. The lowest BCUT2D eigenvalue weighted by Crippen LogP contribution is -2.30. The van der Waals surface area contributed by atoms with Crippen LogP contribution in [0.15, 0.2) is 54.0 Å². The van der Waals surface area contributed by atoms with E-state index in [-0.39, 0.29) is 6.03 Å². The fraction of sp³-hybridized carbons (Fsp3) is 0.176. The van der Waals surface area contributed by atoms with Crippen molar-refractivity contribution in [2.24, 2.45) is 7.05 Å². The van der Waals surface area contributed by atoms with Gasteiger partial charge in [0.05, 0.1) is 10.7 Å². The maximum atomic E-state index is 11.7. The highest BCUT2D eigenvalue weighted by molar-refractivity contribution is 7.14. The molecule has 2 aromatic heterocycles. The molecule has 0 saturated heterocycles. The summed E-state index contributed by atoms with van der Waals surface area (Å²) in [5, 5.41) is 12.6. The van der Waals surface area contributed by atoms with Gasteiger partial charge in [0, 0.05) is 19.8 Å². The van der Waals surface area contributed by atoms with Crippen LogP contribution in [0.3, 0.4) is 0 Å². The number of amides is 2. The van der Waals surface area contributed by atoms with E-state index in [2.05, 4.69) is 40.0 Å². The summed E-state index contributed by atoms with van der Waals surface area (Å²) >= 11 is 1.50. The van der Waals surface area contributed by atoms with Crippen molar-refractivity contribution >= 4 is 22.4 Å². The van der Waals surface area contributed by atoms with E-state index in [1.165, 1.54) is 16.9 Å². The Morgan fingerprint density at radius 3 is 2.70 bits per heavy atom. The van der Waals surface area contributed by atoms with Gasteiger partial charge in [0.15, 0.2) is 0 Å². The Morgan fingerprint density at radius 1 is 1.22 bits per heavy atom. The normalized spacial score (nSPS) is 10.5. The minimum absolute atomic E-state index is 0.168. The lowest BCUT2D eigenvalue weighted by Gasteiger charge is -2.07. The Bertz CT molecular complexity index is 762. The van der Waals surface area contributed by atoms with Crippen LogP contribution in [-0.4, -0.2) is 22.4 Å². The lowest BCUT2D eigenvalue weighted by molar-refractivity contribution is 0.252. The molecule has 1 aromatic carbocycles. The third-order valence-electron chi connectivity index (χ3n) is 3.53. The van der Waals surface area contributed by atoms with Gasteiger partial charge in [0.25, 0.3) is 0 Å². The molecule has 6 heteroatoms. The van der Waals surface area contributed by atoms with Crippen molar-refractivity contribution in [3.05, 3.63) is 59.6 Å². The molecule has 3 rings (SSSR count). The predicted octanol–water partition coefficient (Wildman–Crippen LogP) is 3.51. The SMILES string of the molecule is Cn1nccc1-c1ccc(CCNC(=O)Nc2cccs2)cc1. The van der Waals surface area contributed by atoms with Crippen LogP contribution in [0.1, 0.15) is 5.56 Å². The molecule has 0 saturated carbocycles. The molecule has 0 unspecified atom stereocenters. The van der Waals surface area contributed by atoms with Crippen LogP contribution in [0.25, 0.3) is 11.3 Å². The highest BCUT2D eigenvalue weighted by Crippen LogP contribution is 2.18. The van der Waals surface area contributed by atoms with Crippen molar-refractivity contribution in [3.63, 3.8) is 0 Å². The second-order valence-corrected chi connectivity index (χ2v) is 6.09. The highest BCUT2D eigenvalue weighted by atomic mass is 32.1. The van der Waals surface area contributed by atoms with Gasteiger partial charge in [0.2, 0.25) is 0 Å². The van der Waals surface area contributed by atoms with Crippen LogP contribution in [0, 0.1) is 0 Å². The van der Waals surface area contributed by atoms with Gasteiger partial charge in [0.1, 0.15) is 0 Å². The van der Waals surface area contributed by atoms with Crippen molar-refractivity contribution in [3.8, 4) is 11.3 Å². The highest BCUT2D eigenvalue weighted by Gasteiger charge is 2.04. The predicted molar refractivity (Wildman–Crippen MR) is 93.7 cm³/mol. The zero-order valence-corrected chi connectivity index (χ0v) is 13.6. The third-order valence-corrected chi connectivity index (χ3v) is 4.31. The quantitative estimate of drug-likeness (QED) is 0.754. The first-order chi connectivity index (χ1) is 11.2. The van der Waals surface area contributed by atoms with E-state index >= 15 is 0 Å². The van der Waals surface area contributed by atoms with E-state index < -0.39 is 0 Å². The van der Waals surface area contributed by atoms with Crippen LogP contribution in [0.4, 0.5) is 9.80 Å². The number of nitrogens with one attached hydrogen (secondary N) is 2. The minimum Gasteiger partial charge on any atom is -0.338 e. The van der Waals surface area contributed by atoms with Crippen LogP contribution in [0.5, 0.6) is 0 Å². The minimum atomic E-state index is -0.168. The summed E-state index contributed by atoms with van der Waals surface area (Å²) in [5.74, 6) is 0. The number of nitrogens with zero attached hydrogens (tertiary/aromatic N) is 2. The summed E-state index contributed by atoms with van der Waals surface area (Å²) in [5.41, 5.74) is 3.41. The summed E-state index contributed by atoms with van der Waals surface area (Å²) in [7, 11) is 1.93. The molecule has 0 aliphatic rings. The molecular weight excluding hydrogens is 308 g/mol. The summed E-state index contributed by atoms with van der Waals surface area (Å²) in [4.78, 5) is 11.7. The van der Waals surface area contributed by atoms with Gasteiger partial charge >= 0.3 is 6.03 Å². The zero-order chi connectivity index (χ0) is 16.1. The Balaban J connectivity index is 1.49. The molecule has 118 valence electrons. The standard InChI is InChI=1S/C17H18N4OS/c1-21-15(9-11-19-21)14-6-4-13(5-7-14)8-10-18-17(22)20-16-3-2-12-23-16/h2-7,9,11-12H,8,10H2,1H3,(H2,18,20,22). The average Bonchev–Trinajstić information content (AvgIpc) is 3.20. The first-order valence-corrected chi connectivity index (χ1v) is 8.26. The summed E-state index contributed by atoms with van der Waals surface area (Å²) in [6.07, 6.45) is 2.59. The smallest absolute Gasteiger partial charge is 0.319 e. The van der Waals surface area contributed by atoms with E-state index in [0.29, 0.717) is 6.54 Å². The van der Waals surface area contributed by atoms with E-state index in [4.69, 9.17) is 0 Å². The molecule has 3 aromatic rings. The second-order valence-electron chi connectivity index (χ2n) is 5.15. The Hall–Kier alpha value is -2.60. The van der Waals surface area contributed by atoms with Crippen molar-refractivity contribution in [2.75, 3.05) is 11.9 Å². The van der Waals surface area contributed by atoms with Gasteiger partial charge in [-0.25, -0.2) is 4.79 Å². The summed E-state index contributed by atoms with van der Waals surface area (Å²) < 4.78 is 1.85. The fourth-order valence-corrected chi connectivity index (χ4v) is 2.94. The van der Waals surface area contributed by atoms with Crippen LogP contribution in [0.2, 0.25) is 0 Å². The molecule has 0 fully saturated rings. The van der Waals surface area contributed by atoms with Gasteiger partial charge in [-0.05, 0) is 41.1 Å². The van der Waals surface area contributed by atoms with Gasteiger partial charge in [-0.2, -0.15) is 5.10 Å². The van der Waals surface area contributed by atoms with Gasteiger partial charge in [-0.1, -0.05) is 24.3 Å². The molecule has 0 atom stereocenters. The third kappa shape index (κ3) is 3.98. The number of hydrogen-bond acceptors (Lipinski definition) is 3. The van der Waals surface area contributed by atoms with Crippen LogP contribution < -0.4 is 10.6 Å². The largest absolute Gasteiger partial charge is 0.338 e. The molecule has 23 heavy (non-hydrogen) atoms. The van der Waals surface area contributed by atoms with Gasteiger partial charge < -0.3 is 5.32 Å². The average molecular weight is 326 g/mol. The van der Waals surface area contributed by atoms with E-state index in [1.54, 1.807) is 6.20 Å². The maximum Gasteiger partial charge on any atom is 0.319 e. The number of thiophene rings is 1. The molecule has 0 aliphatic carbocycles. The van der Waals surface area contributed by atoms with Crippen molar-refractivity contribution < 1.29 is 4.79 Å². The number of aryl methyl sites for hydroxylation is 1. The Morgan fingerprint density at radius 2 is 2.04 bits per heavy atom. The summed E-state index contributed by atoms with van der Waals surface area (Å²) in [6.45, 7) is 0.599. The van der Waals surface area contributed by atoms with E-state index in [0.717, 1.165) is 22.7 Å². The first-order valence-electron chi connectivity index (χ1n) is 7.38. The molecular formula is C17H18N4OS. The molecule has 0 radical (unpaired) electrons. The first kappa shape index (κ1) is 15.3. The monoisotopic (exact) mass is 326 g/mol. The molecule has 0 bridgehead atoms. The van der Waals surface area contributed by atoms with E-state index in [1.807, 2.05) is 35.3 Å². The number of aromatic nitrogens is 2. The Kier molecular flexibility index (Phi) is 4.73. The second kappa shape index (κ2) is 7.11. The number of hydrogen-bond donors (Lipinski definition) is 2. The number of carbonyl (C=O) groups is 1. The number of rotatable bonds is 5. The lowest BCUT2D eigenvalue weighted by atomic mass is 10.1. The van der Waals surface area contributed by atoms with Gasteiger partial charge in [-0.3, -0.25) is 10.00 Å². The molecule has 2 heterocycles.